The molecule has 0 bridgehead atoms. The van der Waals surface area contributed by atoms with Gasteiger partial charge in [-0.1, -0.05) is 29.4 Å². The fraction of sp³-hybridized carbons (Fsp3) is 0.467. The Morgan fingerprint density at radius 2 is 2.30 bits per heavy atom. The van der Waals surface area contributed by atoms with E-state index in [1.807, 2.05) is 6.92 Å². The summed E-state index contributed by atoms with van der Waals surface area (Å²) in [5.74, 6) is 1.40. The first-order chi connectivity index (χ1) is 9.83. The summed E-state index contributed by atoms with van der Waals surface area (Å²) in [6, 6.07) is 9.02. The molecule has 20 heavy (non-hydrogen) atoms. The largest absolute Gasteiger partial charge is 0.339 e. The summed E-state index contributed by atoms with van der Waals surface area (Å²) in [7, 11) is 0. The third-order valence-electron chi connectivity index (χ3n) is 3.65. The first-order valence-corrected chi connectivity index (χ1v) is 7.14. The first-order valence-electron chi connectivity index (χ1n) is 7.14. The van der Waals surface area contributed by atoms with Gasteiger partial charge in [0.2, 0.25) is 5.89 Å². The average Bonchev–Trinajstić information content (AvgIpc) is 2.76. The highest BCUT2D eigenvalue weighted by Gasteiger charge is 2.17. The zero-order valence-electron chi connectivity index (χ0n) is 11.7. The van der Waals surface area contributed by atoms with E-state index < -0.39 is 0 Å². The molecule has 1 aromatic heterocycles. The molecule has 2 aromatic rings. The molecule has 5 heteroatoms. The third kappa shape index (κ3) is 3.05. The molecule has 1 aromatic carbocycles. The second-order valence-corrected chi connectivity index (χ2v) is 5.16. The van der Waals surface area contributed by atoms with Gasteiger partial charge in [-0.15, -0.1) is 0 Å². The molecule has 3 rings (SSSR count). The van der Waals surface area contributed by atoms with E-state index in [9.17, 15) is 0 Å². The molecule has 0 spiro atoms. The Labute approximate surface area is 118 Å². The van der Waals surface area contributed by atoms with Crippen molar-refractivity contribution in [1.29, 1.82) is 0 Å². The lowest BCUT2D eigenvalue weighted by Gasteiger charge is -2.18. The smallest absolute Gasteiger partial charge is 0.227 e. The molecule has 1 aliphatic rings. The Morgan fingerprint density at radius 3 is 3.15 bits per heavy atom. The van der Waals surface area contributed by atoms with Crippen LogP contribution in [0, 0.1) is 6.92 Å². The maximum absolute atomic E-state index is 5.13. The standard InChI is InChI=1S/C15H20N4O/c1-11-18-15(20-19-11)7-9-17-14-6-8-16-10-12-4-2-3-5-13(12)14/h2-5,14,16-17H,6-10H2,1H3. The zero-order chi connectivity index (χ0) is 13.8. The SMILES string of the molecule is Cc1noc(CCNC2CCNCc3ccccc32)n1. The number of aromatic nitrogens is 2. The molecule has 1 atom stereocenters. The number of nitrogens with zero attached hydrogens (tertiary/aromatic N) is 2. The van der Waals surface area contributed by atoms with Crippen LogP contribution >= 0.6 is 0 Å². The summed E-state index contributed by atoms with van der Waals surface area (Å²) in [5, 5.41) is 10.9. The van der Waals surface area contributed by atoms with Gasteiger partial charge >= 0.3 is 0 Å². The lowest BCUT2D eigenvalue weighted by Crippen LogP contribution is -2.25. The number of aryl methyl sites for hydroxylation is 1. The van der Waals surface area contributed by atoms with Crippen molar-refractivity contribution in [1.82, 2.24) is 20.8 Å². The van der Waals surface area contributed by atoms with Gasteiger partial charge in [-0.25, -0.2) is 0 Å². The number of fused-ring (bicyclic) bond motifs is 1. The number of benzene rings is 1. The van der Waals surface area contributed by atoms with Crippen LogP contribution in [0.2, 0.25) is 0 Å². The summed E-state index contributed by atoms with van der Waals surface area (Å²) in [5.41, 5.74) is 2.79. The lowest BCUT2D eigenvalue weighted by atomic mass is 9.99. The maximum Gasteiger partial charge on any atom is 0.227 e. The van der Waals surface area contributed by atoms with Gasteiger partial charge in [0.05, 0.1) is 0 Å². The molecular weight excluding hydrogens is 252 g/mol. The monoisotopic (exact) mass is 272 g/mol. The van der Waals surface area contributed by atoms with Crippen LogP contribution in [0.4, 0.5) is 0 Å². The molecule has 0 saturated heterocycles. The van der Waals surface area contributed by atoms with E-state index in [0.717, 1.165) is 32.5 Å². The van der Waals surface area contributed by atoms with Gasteiger partial charge in [0.15, 0.2) is 5.82 Å². The summed E-state index contributed by atoms with van der Waals surface area (Å²) < 4.78 is 5.13. The first kappa shape index (κ1) is 13.3. The zero-order valence-corrected chi connectivity index (χ0v) is 11.7. The summed E-state index contributed by atoms with van der Waals surface area (Å²) in [6.07, 6.45) is 1.87. The van der Waals surface area contributed by atoms with Gasteiger partial charge in [-0.2, -0.15) is 4.98 Å². The normalized spacial score (nSPS) is 18.6. The average molecular weight is 272 g/mol. The van der Waals surface area contributed by atoms with E-state index in [2.05, 4.69) is 45.0 Å². The van der Waals surface area contributed by atoms with Crippen LogP contribution in [-0.4, -0.2) is 23.2 Å². The van der Waals surface area contributed by atoms with E-state index in [1.54, 1.807) is 0 Å². The van der Waals surface area contributed by atoms with Gasteiger partial charge < -0.3 is 15.2 Å². The van der Waals surface area contributed by atoms with Gasteiger partial charge in [-0.05, 0) is 31.0 Å². The van der Waals surface area contributed by atoms with Crippen molar-refractivity contribution in [2.24, 2.45) is 0 Å². The Hall–Kier alpha value is -1.72. The second kappa shape index (κ2) is 6.15. The van der Waals surface area contributed by atoms with Gasteiger partial charge in [0.25, 0.3) is 0 Å². The number of hydrogen-bond donors (Lipinski definition) is 2. The minimum absolute atomic E-state index is 0.394. The Bertz CT molecular complexity index is 567. The molecule has 1 aliphatic heterocycles. The Balaban J connectivity index is 1.62. The molecule has 0 saturated carbocycles. The molecule has 2 heterocycles. The van der Waals surface area contributed by atoms with Gasteiger partial charge in [0.1, 0.15) is 0 Å². The van der Waals surface area contributed by atoms with Crippen molar-refractivity contribution in [2.45, 2.75) is 32.4 Å². The molecule has 0 amide bonds. The highest BCUT2D eigenvalue weighted by molar-refractivity contribution is 5.30. The third-order valence-corrected chi connectivity index (χ3v) is 3.65. The van der Waals surface area contributed by atoms with E-state index in [1.165, 1.54) is 11.1 Å². The van der Waals surface area contributed by atoms with E-state index in [4.69, 9.17) is 4.52 Å². The second-order valence-electron chi connectivity index (χ2n) is 5.16. The van der Waals surface area contributed by atoms with Gasteiger partial charge in [0, 0.05) is 25.6 Å². The summed E-state index contributed by atoms with van der Waals surface area (Å²) in [6.45, 7) is 4.68. The lowest BCUT2D eigenvalue weighted by molar-refractivity contribution is 0.368. The summed E-state index contributed by atoms with van der Waals surface area (Å²) in [4.78, 5) is 4.23. The van der Waals surface area contributed by atoms with Crippen molar-refractivity contribution in [3.05, 3.63) is 47.1 Å². The summed E-state index contributed by atoms with van der Waals surface area (Å²) >= 11 is 0. The van der Waals surface area contributed by atoms with Crippen LogP contribution in [0.25, 0.3) is 0 Å². The molecular formula is C15H20N4O. The van der Waals surface area contributed by atoms with Crippen LogP contribution in [0.3, 0.4) is 0 Å². The topological polar surface area (TPSA) is 63.0 Å². The Kier molecular flexibility index (Phi) is 4.08. The maximum atomic E-state index is 5.13. The number of hydrogen-bond acceptors (Lipinski definition) is 5. The molecule has 2 N–H and O–H groups in total. The molecule has 0 radical (unpaired) electrons. The fourth-order valence-electron chi connectivity index (χ4n) is 2.67. The fourth-order valence-corrected chi connectivity index (χ4v) is 2.67. The van der Waals surface area contributed by atoms with E-state index in [0.29, 0.717) is 17.8 Å². The molecule has 106 valence electrons. The van der Waals surface area contributed by atoms with Crippen molar-refractivity contribution >= 4 is 0 Å². The highest BCUT2D eigenvalue weighted by Crippen LogP contribution is 2.23. The van der Waals surface area contributed by atoms with Crippen LogP contribution in [0.15, 0.2) is 28.8 Å². The van der Waals surface area contributed by atoms with Crippen molar-refractivity contribution < 1.29 is 4.52 Å². The van der Waals surface area contributed by atoms with Crippen LogP contribution < -0.4 is 10.6 Å². The predicted molar refractivity (Wildman–Crippen MR) is 76.2 cm³/mol. The highest BCUT2D eigenvalue weighted by atomic mass is 16.5. The van der Waals surface area contributed by atoms with Crippen LogP contribution in [0.5, 0.6) is 0 Å². The molecule has 0 fully saturated rings. The number of nitrogens with one attached hydrogen (secondary N) is 2. The van der Waals surface area contributed by atoms with E-state index in [-0.39, 0.29) is 0 Å². The van der Waals surface area contributed by atoms with Crippen molar-refractivity contribution in [3.63, 3.8) is 0 Å². The molecule has 5 nitrogen and oxygen atoms in total. The van der Waals surface area contributed by atoms with Gasteiger partial charge in [-0.3, -0.25) is 0 Å². The van der Waals surface area contributed by atoms with E-state index >= 15 is 0 Å². The minimum atomic E-state index is 0.394. The predicted octanol–water partition coefficient (Wildman–Crippen LogP) is 1.74. The van der Waals surface area contributed by atoms with Crippen molar-refractivity contribution in [2.75, 3.05) is 13.1 Å². The molecule has 1 unspecified atom stereocenters. The molecule has 0 aliphatic carbocycles. The number of rotatable bonds is 4. The van der Waals surface area contributed by atoms with Crippen molar-refractivity contribution in [3.8, 4) is 0 Å². The van der Waals surface area contributed by atoms with Crippen LogP contribution in [-0.2, 0) is 13.0 Å². The van der Waals surface area contributed by atoms with Crippen LogP contribution in [0.1, 0.15) is 35.3 Å². The minimum Gasteiger partial charge on any atom is -0.339 e. The quantitative estimate of drug-likeness (QED) is 0.887. The Morgan fingerprint density at radius 1 is 1.40 bits per heavy atom.